The Bertz CT molecular complexity index is 1440. The zero-order valence-corrected chi connectivity index (χ0v) is 44.7. The van der Waals surface area contributed by atoms with E-state index in [-0.39, 0.29) is 18.9 Å². The van der Waals surface area contributed by atoms with Crippen LogP contribution in [0.2, 0.25) is 0 Å². The van der Waals surface area contributed by atoms with E-state index in [1.54, 1.807) is 6.08 Å². The number of nitrogens with one attached hydrogen (secondary N) is 1. The number of unbranched alkanes of at least 4 members (excludes halogenated alkanes) is 23. The van der Waals surface area contributed by atoms with Crippen molar-refractivity contribution in [3.8, 4) is 0 Å². The van der Waals surface area contributed by atoms with Gasteiger partial charge in [0.15, 0.2) is 12.6 Å². The molecule has 2 aliphatic rings. The topological polar surface area (TPSA) is 228 Å². The summed E-state index contributed by atoms with van der Waals surface area (Å²) in [6.45, 7) is 2.63. The van der Waals surface area contributed by atoms with E-state index in [0.717, 1.165) is 44.9 Å². The van der Waals surface area contributed by atoms with Crippen LogP contribution < -0.4 is 5.32 Å². The molecule has 0 bridgehead atoms. The van der Waals surface area contributed by atoms with Gasteiger partial charge >= 0.3 is 0 Å². The van der Waals surface area contributed by atoms with Crippen molar-refractivity contribution in [2.75, 3.05) is 19.8 Å². The lowest BCUT2D eigenvalue weighted by Gasteiger charge is -2.46. The Hall–Kier alpha value is -2.31. The second kappa shape index (κ2) is 43.9. The summed E-state index contributed by atoms with van der Waals surface area (Å²) >= 11 is 0. The molecule has 2 fully saturated rings. The maximum absolute atomic E-state index is 13.1. The number of hydrogen-bond donors (Lipinski definition) is 9. The van der Waals surface area contributed by atoms with Crippen LogP contribution in [0.1, 0.15) is 206 Å². The Balaban J connectivity index is 1.77. The Labute approximate surface area is 435 Å². The van der Waals surface area contributed by atoms with Gasteiger partial charge < -0.3 is 65.1 Å². The molecular formula is C58H103NO13. The number of amides is 1. The van der Waals surface area contributed by atoms with Crippen LogP contribution in [0.4, 0.5) is 0 Å². The van der Waals surface area contributed by atoms with Gasteiger partial charge in [0.1, 0.15) is 48.8 Å². The van der Waals surface area contributed by atoms with Crippen molar-refractivity contribution in [2.24, 2.45) is 0 Å². The average Bonchev–Trinajstić information content (AvgIpc) is 3.38. The molecule has 0 radical (unpaired) electrons. The zero-order valence-electron chi connectivity index (χ0n) is 44.7. The van der Waals surface area contributed by atoms with E-state index in [1.165, 1.54) is 135 Å². The van der Waals surface area contributed by atoms with Crippen molar-refractivity contribution in [3.05, 3.63) is 60.8 Å². The Morgan fingerprint density at radius 2 is 0.958 bits per heavy atom. The van der Waals surface area contributed by atoms with Gasteiger partial charge in [0.05, 0.1) is 32.0 Å². The van der Waals surface area contributed by atoms with Crippen LogP contribution in [0.25, 0.3) is 0 Å². The molecule has 12 unspecified atom stereocenters. The molecule has 0 aromatic heterocycles. The summed E-state index contributed by atoms with van der Waals surface area (Å²) in [6.07, 6.45) is 38.6. The third kappa shape index (κ3) is 29.7. The quantitative estimate of drug-likeness (QED) is 0.0205. The first kappa shape index (κ1) is 65.8. The van der Waals surface area contributed by atoms with E-state index in [4.69, 9.17) is 18.9 Å². The number of carbonyl (C=O) groups is 1. The molecule has 0 aliphatic carbocycles. The first-order valence-electron chi connectivity index (χ1n) is 28.5. The maximum Gasteiger partial charge on any atom is 0.220 e. The van der Waals surface area contributed by atoms with Crippen molar-refractivity contribution in [1.29, 1.82) is 0 Å². The molecule has 2 rings (SSSR count). The van der Waals surface area contributed by atoms with Crippen LogP contribution in [-0.4, -0.2) is 140 Å². The number of hydrogen-bond acceptors (Lipinski definition) is 13. The fourth-order valence-electron chi connectivity index (χ4n) is 9.13. The minimum Gasteiger partial charge on any atom is -0.394 e. The third-order valence-corrected chi connectivity index (χ3v) is 13.7. The molecule has 0 spiro atoms. The number of rotatable bonds is 44. The molecule has 2 aliphatic heterocycles. The van der Waals surface area contributed by atoms with Gasteiger partial charge in [-0.1, -0.05) is 216 Å². The molecule has 9 N–H and O–H groups in total. The fraction of sp³-hybridized carbons (Fsp3) is 0.810. The van der Waals surface area contributed by atoms with Crippen LogP contribution in [0.5, 0.6) is 0 Å². The predicted molar refractivity (Wildman–Crippen MR) is 286 cm³/mol. The Morgan fingerprint density at radius 3 is 1.44 bits per heavy atom. The van der Waals surface area contributed by atoms with Crippen molar-refractivity contribution in [3.63, 3.8) is 0 Å². The number of aliphatic hydroxyl groups excluding tert-OH is 8. The summed E-state index contributed by atoms with van der Waals surface area (Å²) in [5, 5.41) is 86.8. The molecule has 72 heavy (non-hydrogen) atoms. The lowest BCUT2D eigenvalue weighted by molar-refractivity contribution is -0.359. The van der Waals surface area contributed by atoms with Gasteiger partial charge in [-0.2, -0.15) is 0 Å². The lowest BCUT2D eigenvalue weighted by atomic mass is 9.97. The second-order valence-corrected chi connectivity index (χ2v) is 20.0. The van der Waals surface area contributed by atoms with Gasteiger partial charge in [0, 0.05) is 6.42 Å². The largest absolute Gasteiger partial charge is 0.394 e. The first-order valence-corrected chi connectivity index (χ1v) is 28.5. The predicted octanol–water partition coefficient (Wildman–Crippen LogP) is 9.00. The summed E-state index contributed by atoms with van der Waals surface area (Å²) in [7, 11) is 0. The molecule has 0 aromatic rings. The SMILES string of the molecule is CC/C=C\C/C=C\C/C=C\C/C=C\CCC(=O)NC(COC1OC(CO)C(OC2OC(CO)C(O)C(O)C2O)C(O)C1O)C(O)/C=C/CCCCCCCCCCCCCCCCCCCCCCCCC. The lowest BCUT2D eigenvalue weighted by Crippen LogP contribution is -2.65. The van der Waals surface area contributed by atoms with E-state index in [1.807, 2.05) is 18.2 Å². The summed E-state index contributed by atoms with van der Waals surface area (Å²) in [5.74, 6) is -0.320. The number of carbonyl (C=O) groups excluding carboxylic acids is 1. The third-order valence-electron chi connectivity index (χ3n) is 13.7. The van der Waals surface area contributed by atoms with Crippen LogP contribution in [0, 0.1) is 0 Å². The monoisotopic (exact) mass is 1020 g/mol. The summed E-state index contributed by atoms with van der Waals surface area (Å²) in [5.41, 5.74) is 0. The number of ether oxygens (including phenoxy) is 4. The number of aliphatic hydroxyl groups is 8. The van der Waals surface area contributed by atoms with E-state index in [0.29, 0.717) is 6.42 Å². The van der Waals surface area contributed by atoms with Crippen LogP contribution in [-0.2, 0) is 23.7 Å². The molecule has 0 aromatic carbocycles. The standard InChI is InChI=1S/C58H103NO13/c1-3-5-7-9-11-13-15-17-18-19-20-21-22-23-24-25-26-27-28-30-31-33-35-37-39-41-47(62)46(59-50(63)42-40-38-36-34-32-29-16-14-12-10-8-6-4-2)45-69-57-55(68)53(66)56(49(44-61)71-57)72-58-54(67)52(65)51(64)48(43-60)70-58/h6,8,12,14,29,32,36,38-39,41,46-49,51-58,60-62,64-68H,3-5,7,9-11,13,15-28,30-31,33-35,37,40,42-45H2,1-2H3,(H,59,63)/b8-6-,14-12-,32-29-,38-36-,41-39+. The molecule has 12 atom stereocenters. The minimum absolute atomic E-state index is 0.158. The van der Waals surface area contributed by atoms with Gasteiger partial charge in [-0.25, -0.2) is 0 Å². The zero-order chi connectivity index (χ0) is 52.4. The summed E-state index contributed by atoms with van der Waals surface area (Å²) in [4.78, 5) is 13.1. The van der Waals surface area contributed by atoms with Crippen LogP contribution in [0.3, 0.4) is 0 Å². The highest BCUT2D eigenvalue weighted by Gasteiger charge is 2.51. The molecule has 2 heterocycles. The van der Waals surface area contributed by atoms with E-state index >= 15 is 0 Å². The highest BCUT2D eigenvalue weighted by Crippen LogP contribution is 2.30. The van der Waals surface area contributed by atoms with Gasteiger partial charge in [-0.15, -0.1) is 0 Å². The molecule has 418 valence electrons. The van der Waals surface area contributed by atoms with Crippen molar-refractivity contribution in [2.45, 2.75) is 280 Å². The summed E-state index contributed by atoms with van der Waals surface area (Å²) < 4.78 is 22.7. The average molecular weight is 1020 g/mol. The van der Waals surface area contributed by atoms with Gasteiger partial charge in [-0.3, -0.25) is 4.79 Å². The van der Waals surface area contributed by atoms with Crippen molar-refractivity contribution < 1.29 is 64.6 Å². The molecule has 1 amide bonds. The minimum atomic E-state index is -1.80. The summed E-state index contributed by atoms with van der Waals surface area (Å²) in [6, 6.07) is -0.954. The van der Waals surface area contributed by atoms with E-state index in [9.17, 15) is 45.6 Å². The highest BCUT2D eigenvalue weighted by molar-refractivity contribution is 5.76. The van der Waals surface area contributed by atoms with Gasteiger partial charge in [0.25, 0.3) is 0 Å². The van der Waals surface area contributed by atoms with E-state index < -0.39 is 86.8 Å². The van der Waals surface area contributed by atoms with Crippen LogP contribution in [0.15, 0.2) is 60.8 Å². The molecule has 2 saturated heterocycles. The Morgan fingerprint density at radius 1 is 0.514 bits per heavy atom. The smallest absolute Gasteiger partial charge is 0.220 e. The van der Waals surface area contributed by atoms with Gasteiger partial charge in [0.2, 0.25) is 5.91 Å². The Kier molecular flexibility index (Phi) is 40.1. The van der Waals surface area contributed by atoms with E-state index in [2.05, 4.69) is 55.6 Å². The highest BCUT2D eigenvalue weighted by atomic mass is 16.7. The number of allylic oxidation sites excluding steroid dienone is 9. The fourth-order valence-corrected chi connectivity index (χ4v) is 9.13. The molecule has 14 nitrogen and oxygen atoms in total. The molecular weight excluding hydrogens is 919 g/mol. The van der Waals surface area contributed by atoms with Crippen molar-refractivity contribution in [1.82, 2.24) is 5.32 Å². The van der Waals surface area contributed by atoms with Gasteiger partial charge in [-0.05, 0) is 44.9 Å². The van der Waals surface area contributed by atoms with Crippen LogP contribution >= 0.6 is 0 Å². The normalized spacial score (nSPS) is 26.0. The molecule has 14 heteroatoms. The maximum atomic E-state index is 13.1. The van der Waals surface area contributed by atoms with Crippen molar-refractivity contribution >= 4 is 5.91 Å². The second-order valence-electron chi connectivity index (χ2n) is 20.0. The molecule has 0 saturated carbocycles. The first-order chi connectivity index (χ1) is 35.1.